The van der Waals surface area contributed by atoms with Gasteiger partial charge in [-0.3, -0.25) is 14.9 Å². The third kappa shape index (κ3) is 4.33. The number of ether oxygens (including phenoxy) is 1. The van der Waals surface area contributed by atoms with Crippen LogP contribution in [0.15, 0.2) is 11.6 Å². The van der Waals surface area contributed by atoms with Crippen molar-refractivity contribution in [2.45, 2.75) is 98.9 Å². The van der Waals surface area contributed by atoms with Crippen LogP contribution in [0.25, 0.3) is 0 Å². The first-order valence-electron chi connectivity index (χ1n) is 10.7. The highest BCUT2D eigenvalue weighted by atomic mass is 35.5. The standard InChI is InChI=1S/C21H31ClN2O4S/c1-11-10-21(2,3)23-16-7-5-13(9-15(11)16)28-20(25)19-18(22)14-6-4-12(24(26)27)8-17(14)29-19/h10,12-19,23H,4-9H2,1-3H3. The quantitative estimate of drug-likeness (QED) is 0.234. The smallest absolute Gasteiger partial charge is 0.320 e. The molecule has 3 fully saturated rings. The Morgan fingerprint density at radius 2 is 2.07 bits per heavy atom. The lowest BCUT2D eigenvalue weighted by molar-refractivity contribution is -0.526. The van der Waals surface area contributed by atoms with Crippen molar-refractivity contribution in [3.8, 4) is 0 Å². The third-order valence-corrected chi connectivity index (χ3v) is 9.58. The molecular formula is C21H31ClN2O4S. The number of carbonyl (C=O) groups is 1. The topological polar surface area (TPSA) is 81.5 Å². The molecule has 0 aromatic rings. The zero-order chi connectivity index (χ0) is 20.9. The molecule has 0 aromatic heterocycles. The number of nitro groups is 1. The minimum Gasteiger partial charge on any atom is -0.461 e. The van der Waals surface area contributed by atoms with Crippen LogP contribution < -0.4 is 5.32 Å². The van der Waals surface area contributed by atoms with Crippen LogP contribution >= 0.6 is 23.4 Å². The van der Waals surface area contributed by atoms with Crippen molar-refractivity contribution < 1.29 is 14.5 Å². The van der Waals surface area contributed by atoms with E-state index < -0.39 is 11.3 Å². The van der Waals surface area contributed by atoms with Crippen LogP contribution in [0.4, 0.5) is 0 Å². The van der Waals surface area contributed by atoms with Gasteiger partial charge in [0.1, 0.15) is 11.4 Å². The summed E-state index contributed by atoms with van der Waals surface area (Å²) in [4.78, 5) is 23.9. The van der Waals surface area contributed by atoms with E-state index in [1.807, 2.05) is 0 Å². The van der Waals surface area contributed by atoms with Crippen LogP contribution in [0.1, 0.15) is 59.3 Å². The van der Waals surface area contributed by atoms with Crippen LogP contribution in [0.3, 0.4) is 0 Å². The molecule has 2 heterocycles. The second-order valence-corrected chi connectivity index (χ2v) is 11.7. The minimum absolute atomic E-state index is 0.0129. The third-order valence-electron chi connectivity index (χ3n) is 7.18. The fourth-order valence-electron chi connectivity index (χ4n) is 5.86. The Hall–Kier alpha value is -0.790. The van der Waals surface area contributed by atoms with Crippen molar-refractivity contribution in [2.75, 3.05) is 0 Å². The summed E-state index contributed by atoms with van der Waals surface area (Å²) in [5, 5.41) is 14.2. The van der Waals surface area contributed by atoms with E-state index in [4.69, 9.17) is 16.3 Å². The molecule has 0 bridgehead atoms. The van der Waals surface area contributed by atoms with Gasteiger partial charge in [0.05, 0.1) is 5.38 Å². The van der Waals surface area contributed by atoms with Crippen LogP contribution in [-0.2, 0) is 9.53 Å². The van der Waals surface area contributed by atoms with Crippen molar-refractivity contribution >= 4 is 29.3 Å². The van der Waals surface area contributed by atoms with Crippen molar-refractivity contribution in [3.63, 3.8) is 0 Å². The molecule has 4 aliphatic rings. The summed E-state index contributed by atoms with van der Waals surface area (Å²) in [6, 6.07) is -0.0657. The summed E-state index contributed by atoms with van der Waals surface area (Å²) in [5.41, 5.74) is 1.39. The van der Waals surface area contributed by atoms with Gasteiger partial charge in [-0.05, 0) is 58.3 Å². The van der Waals surface area contributed by atoms with Crippen molar-refractivity contribution in [1.29, 1.82) is 0 Å². The molecule has 2 aliphatic heterocycles. The Balaban J connectivity index is 1.36. The van der Waals surface area contributed by atoms with Gasteiger partial charge in [0, 0.05) is 34.6 Å². The Morgan fingerprint density at radius 3 is 2.79 bits per heavy atom. The van der Waals surface area contributed by atoms with Gasteiger partial charge in [-0.25, -0.2) is 0 Å². The van der Waals surface area contributed by atoms with E-state index in [2.05, 4.69) is 32.2 Å². The molecule has 8 heteroatoms. The molecule has 8 unspecified atom stereocenters. The highest BCUT2D eigenvalue weighted by Gasteiger charge is 2.51. The van der Waals surface area contributed by atoms with E-state index in [1.165, 1.54) is 17.3 Å². The lowest BCUT2D eigenvalue weighted by atomic mass is 9.74. The monoisotopic (exact) mass is 442 g/mol. The Labute approximate surface area is 181 Å². The first-order chi connectivity index (χ1) is 13.6. The zero-order valence-corrected chi connectivity index (χ0v) is 18.9. The lowest BCUT2D eigenvalue weighted by Gasteiger charge is -2.45. The number of hydrogen-bond donors (Lipinski definition) is 1. The van der Waals surface area contributed by atoms with Gasteiger partial charge in [0.15, 0.2) is 0 Å². The number of halogens is 1. The van der Waals surface area contributed by atoms with Gasteiger partial charge in [-0.2, -0.15) is 0 Å². The van der Waals surface area contributed by atoms with Gasteiger partial charge in [0.25, 0.3) is 0 Å². The fraction of sp³-hybridized carbons (Fsp3) is 0.857. The van der Waals surface area contributed by atoms with Crippen LogP contribution in [-0.4, -0.2) is 50.5 Å². The van der Waals surface area contributed by atoms with Crippen molar-refractivity contribution in [1.82, 2.24) is 5.32 Å². The molecule has 8 atom stereocenters. The molecule has 0 amide bonds. The van der Waals surface area contributed by atoms with E-state index in [-0.39, 0.29) is 39.1 Å². The number of carbonyl (C=O) groups excluding carboxylic acids is 1. The molecule has 2 saturated carbocycles. The number of nitrogens with one attached hydrogen (secondary N) is 1. The minimum atomic E-state index is -0.504. The molecule has 1 N–H and O–H groups in total. The highest BCUT2D eigenvalue weighted by Crippen LogP contribution is 2.50. The molecule has 29 heavy (non-hydrogen) atoms. The number of rotatable bonds is 3. The van der Waals surface area contributed by atoms with E-state index in [9.17, 15) is 14.9 Å². The maximum Gasteiger partial charge on any atom is 0.320 e. The van der Waals surface area contributed by atoms with E-state index in [1.54, 1.807) is 0 Å². The van der Waals surface area contributed by atoms with Crippen LogP contribution in [0, 0.1) is 22.0 Å². The SMILES string of the molecule is CC1=CC(C)(C)NC2CCC(OC(=O)C3SC4CC([N+](=O)[O-])CCC4C3Cl)CC12. The Morgan fingerprint density at radius 1 is 1.31 bits per heavy atom. The summed E-state index contributed by atoms with van der Waals surface area (Å²) in [6.07, 6.45) is 6.71. The number of thioether (sulfide) groups is 1. The molecule has 4 rings (SSSR count). The van der Waals surface area contributed by atoms with Gasteiger partial charge < -0.3 is 10.1 Å². The predicted molar refractivity (Wildman–Crippen MR) is 115 cm³/mol. The number of nitrogens with zero attached hydrogens (tertiary/aromatic N) is 1. The molecular weight excluding hydrogens is 412 g/mol. The predicted octanol–water partition coefficient (Wildman–Crippen LogP) is 3.93. The maximum atomic E-state index is 12.9. The average molecular weight is 443 g/mol. The Bertz CT molecular complexity index is 715. The van der Waals surface area contributed by atoms with Gasteiger partial charge in [-0.15, -0.1) is 23.4 Å². The second kappa shape index (κ2) is 8.04. The number of fused-ring (bicyclic) bond motifs is 2. The molecule has 6 nitrogen and oxygen atoms in total. The Kier molecular flexibility index (Phi) is 5.95. The van der Waals surface area contributed by atoms with Gasteiger partial charge in [-0.1, -0.05) is 11.6 Å². The normalized spacial score (nSPS) is 43.7. The van der Waals surface area contributed by atoms with Crippen molar-refractivity contribution in [3.05, 3.63) is 21.8 Å². The summed E-state index contributed by atoms with van der Waals surface area (Å²) >= 11 is 8.16. The average Bonchev–Trinajstić information content (AvgIpc) is 2.98. The zero-order valence-electron chi connectivity index (χ0n) is 17.3. The molecule has 0 radical (unpaired) electrons. The first kappa shape index (κ1) is 21.4. The van der Waals surface area contributed by atoms with Crippen LogP contribution in [0.2, 0.25) is 0 Å². The number of hydrogen-bond acceptors (Lipinski definition) is 6. The van der Waals surface area contributed by atoms with Gasteiger partial charge >= 0.3 is 5.97 Å². The summed E-state index contributed by atoms with van der Waals surface area (Å²) in [6.45, 7) is 6.57. The highest BCUT2D eigenvalue weighted by molar-refractivity contribution is 8.01. The summed E-state index contributed by atoms with van der Waals surface area (Å²) < 4.78 is 5.94. The van der Waals surface area contributed by atoms with E-state index in [0.717, 1.165) is 25.7 Å². The summed E-state index contributed by atoms with van der Waals surface area (Å²) in [7, 11) is 0. The largest absolute Gasteiger partial charge is 0.461 e. The molecule has 2 aliphatic carbocycles. The fourth-order valence-corrected chi connectivity index (χ4v) is 8.26. The van der Waals surface area contributed by atoms with Crippen LogP contribution in [0.5, 0.6) is 0 Å². The summed E-state index contributed by atoms with van der Waals surface area (Å²) in [5.74, 6) is 0.346. The molecule has 162 valence electrons. The maximum absolute atomic E-state index is 12.9. The first-order valence-corrected chi connectivity index (χ1v) is 12.1. The van der Waals surface area contributed by atoms with Crippen molar-refractivity contribution in [2.24, 2.45) is 11.8 Å². The van der Waals surface area contributed by atoms with Gasteiger partial charge in [0.2, 0.25) is 6.04 Å². The van der Waals surface area contributed by atoms with E-state index in [0.29, 0.717) is 24.8 Å². The molecule has 0 spiro atoms. The molecule has 1 saturated heterocycles. The second-order valence-electron chi connectivity index (χ2n) is 9.79. The number of esters is 1. The van der Waals surface area contributed by atoms with E-state index >= 15 is 0 Å². The number of alkyl halides is 1. The lowest BCUT2D eigenvalue weighted by Crippen LogP contribution is -2.54. The molecule has 0 aromatic carbocycles.